The average molecular weight is 334 g/mol. The third kappa shape index (κ3) is 3.09. The molecule has 1 fully saturated rings. The number of benzene rings is 1. The molecule has 0 spiro atoms. The van der Waals surface area contributed by atoms with Gasteiger partial charge in [0, 0.05) is 32.2 Å². The molecule has 1 aliphatic heterocycles. The lowest BCUT2D eigenvalue weighted by atomic mass is 10.2. The van der Waals surface area contributed by atoms with Crippen LogP contribution in [0.2, 0.25) is 0 Å². The fraction of sp³-hybridized carbons (Fsp3) is 0.438. The van der Waals surface area contributed by atoms with Gasteiger partial charge in [-0.3, -0.25) is 4.79 Å². The molecule has 7 nitrogen and oxygen atoms in total. The van der Waals surface area contributed by atoms with Crippen LogP contribution in [0.3, 0.4) is 0 Å². The molecule has 2 heterocycles. The maximum absolute atomic E-state index is 14.4. The minimum Gasteiger partial charge on any atom is -0.461 e. The minimum absolute atomic E-state index is 0.147. The number of carbonyl (C=O) groups is 1. The van der Waals surface area contributed by atoms with E-state index >= 15 is 0 Å². The smallest absolute Gasteiger partial charge is 0.362 e. The van der Waals surface area contributed by atoms with Gasteiger partial charge in [-0.2, -0.15) is 0 Å². The maximum atomic E-state index is 14.4. The highest BCUT2D eigenvalue weighted by Crippen LogP contribution is 2.24. The van der Waals surface area contributed by atoms with Crippen molar-refractivity contribution in [2.45, 2.75) is 6.92 Å². The molecule has 0 bridgehead atoms. The molecular formula is C16H19FN4O3. The quantitative estimate of drug-likeness (QED) is 0.844. The van der Waals surface area contributed by atoms with Gasteiger partial charge in [0.25, 0.3) is 5.56 Å². The predicted molar refractivity (Wildman–Crippen MR) is 88.0 cm³/mol. The number of fused-ring (bicyclic) bond motifs is 1. The van der Waals surface area contributed by atoms with E-state index in [0.717, 1.165) is 13.1 Å². The number of nitrogens with zero attached hydrogens (tertiary/aromatic N) is 3. The maximum Gasteiger partial charge on any atom is 0.362 e. The molecule has 2 aromatic rings. The first-order valence-electron chi connectivity index (χ1n) is 7.83. The van der Waals surface area contributed by atoms with E-state index in [1.54, 1.807) is 13.0 Å². The number of carbonyl (C=O) groups excluding carboxylic acids is 1. The summed E-state index contributed by atoms with van der Waals surface area (Å²) in [5, 5.41) is 0. The molecule has 0 atom stereocenters. The van der Waals surface area contributed by atoms with Crippen LogP contribution in [-0.4, -0.2) is 60.7 Å². The number of rotatable bonds is 3. The SMILES string of the molecule is CCOC(=O)c1nc2cc(N3CCN(C)CC3)c(F)cc2[nH]c1=O. The van der Waals surface area contributed by atoms with Crippen LogP contribution in [-0.2, 0) is 4.74 Å². The lowest BCUT2D eigenvalue weighted by Crippen LogP contribution is -2.44. The zero-order valence-corrected chi connectivity index (χ0v) is 13.6. The van der Waals surface area contributed by atoms with Crippen molar-refractivity contribution < 1.29 is 13.9 Å². The van der Waals surface area contributed by atoms with Crippen LogP contribution < -0.4 is 10.5 Å². The first-order chi connectivity index (χ1) is 11.5. The standard InChI is InChI=1S/C16H19FN4O3/c1-3-24-16(23)14-15(22)19-11-8-10(17)13(9-12(11)18-14)21-6-4-20(2)5-7-21/h8-9H,3-7H2,1-2H3,(H,19,22). The van der Waals surface area contributed by atoms with Crippen molar-refractivity contribution >= 4 is 22.7 Å². The van der Waals surface area contributed by atoms with Gasteiger partial charge in [0.05, 0.1) is 23.3 Å². The van der Waals surface area contributed by atoms with Crippen molar-refractivity contribution in [2.75, 3.05) is 44.7 Å². The van der Waals surface area contributed by atoms with E-state index in [9.17, 15) is 14.0 Å². The van der Waals surface area contributed by atoms with E-state index in [1.807, 2.05) is 11.9 Å². The number of esters is 1. The lowest BCUT2D eigenvalue weighted by molar-refractivity contribution is 0.0517. The van der Waals surface area contributed by atoms with Gasteiger partial charge in [-0.05, 0) is 20.0 Å². The number of hydrogen-bond acceptors (Lipinski definition) is 6. The molecule has 1 aromatic carbocycles. The van der Waals surface area contributed by atoms with E-state index < -0.39 is 17.3 Å². The van der Waals surface area contributed by atoms with Crippen LogP contribution in [0, 0.1) is 5.82 Å². The summed E-state index contributed by atoms with van der Waals surface area (Å²) >= 11 is 0. The van der Waals surface area contributed by atoms with Crippen LogP contribution in [0.15, 0.2) is 16.9 Å². The van der Waals surface area contributed by atoms with Crippen molar-refractivity contribution in [3.8, 4) is 0 Å². The van der Waals surface area contributed by atoms with Gasteiger partial charge < -0.3 is 19.5 Å². The second-order valence-electron chi connectivity index (χ2n) is 5.75. The Labute approximate surface area is 138 Å². The van der Waals surface area contributed by atoms with Gasteiger partial charge in [-0.1, -0.05) is 0 Å². The predicted octanol–water partition coefficient (Wildman–Crippen LogP) is 0.991. The van der Waals surface area contributed by atoms with Gasteiger partial charge in [0.2, 0.25) is 5.69 Å². The zero-order chi connectivity index (χ0) is 17.3. The number of aromatic nitrogens is 2. The van der Waals surface area contributed by atoms with Crippen molar-refractivity contribution in [3.63, 3.8) is 0 Å². The summed E-state index contributed by atoms with van der Waals surface area (Å²) in [4.78, 5) is 34.4. The summed E-state index contributed by atoms with van der Waals surface area (Å²) in [6.07, 6.45) is 0. The van der Waals surface area contributed by atoms with E-state index in [1.165, 1.54) is 6.07 Å². The number of hydrogen-bond donors (Lipinski definition) is 1. The molecule has 1 aromatic heterocycles. The van der Waals surface area contributed by atoms with Crippen LogP contribution in [0.4, 0.5) is 10.1 Å². The highest BCUT2D eigenvalue weighted by molar-refractivity contribution is 5.90. The molecule has 0 unspecified atom stereocenters. The van der Waals surface area contributed by atoms with E-state index in [0.29, 0.717) is 24.3 Å². The number of nitrogens with one attached hydrogen (secondary N) is 1. The Morgan fingerprint density at radius 1 is 1.33 bits per heavy atom. The molecule has 8 heteroatoms. The molecule has 3 rings (SSSR count). The van der Waals surface area contributed by atoms with Crippen molar-refractivity contribution in [1.29, 1.82) is 0 Å². The number of H-pyrrole nitrogens is 1. The van der Waals surface area contributed by atoms with Gasteiger partial charge in [-0.15, -0.1) is 0 Å². The Kier molecular flexibility index (Phi) is 4.48. The summed E-state index contributed by atoms with van der Waals surface area (Å²) in [6, 6.07) is 2.81. The third-order valence-electron chi connectivity index (χ3n) is 4.07. The number of ether oxygens (including phenoxy) is 1. The van der Waals surface area contributed by atoms with Gasteiger partial charge in [0.1, 0.15) is 5.82 Å². The molecule has 0 saturated carbocycles. The molecule has 128 valence electrons. The summed E-state index contributed by atoms with van der Waals surface area (Å²) < 4.78 is 19.2. The van der Waals surface area contributed by atoms with Crippen LogP contribution in [0.25, 0.3) is 11.0 Å². The highest BCUT2D eigenvalue weighted by Gasteiger charge is 2.20. The van der Waals surface area contributed by atoms with Gasteiger partial charge in [0.15, 0.2) is 0 Å². The van der Waals surface area contributed by atoms with Crippen molar-refractivity contribution in [2.24, 2.45) is 0 Å². The summed E-state index contributed by atoms with van der Waals surface area (Å²) in [7, 11) is 2.02. The van der Waals surface area contributed by atoms with Crippen molar-refractivity contribution in [3.05, 3.63) is 34.0 Å². The Morgan fingerprint density at radius 2 is 2.04 bits per heavy atom. The van der Waals surface area contributed by atoms with Crippen LogP contribution >= 0.6 is 0 Å². The van der Waals surface area contributed by atoms with Gasteiger partial charge >= 0.3 is 5.97 Å². The fourth-order valence-corrected chi connectivity index (χ4v) is 2.72. The van der Waals surface area contributed by atoms with Gasteiger partial charge in [-0.25, -0.2) is 14.2 Å². The zero-order valence-electron chi connectivity index (χ0n) is 13.6. The minimum atomic E-state index is -0.786. The van der Waals surface area contributed by atoms with Crippen molar-refractivity contribution in [1.82, 2.24) is 14.9 Å². The molecule has 0 amide bonds. The Balaban J connectivity index is 2.03. The fourth-order valence-electron chi connectivity index (χ4n) is 2.72. The first kappa shape index (κ1) is 16.4. The number of aromatic amines is 1. The van der Waals surface area contributed by atoms with E-state index in [-0.39, 0.29) is 17.8 Å². The second-order valence-corrected chi connectivity index (χ2v) is 5.75. The Bertz CT molecular complexity index is 828. The molecule has 24 heavy (non-hydrogen) atoms. The normalized spacial score (nSPS) is 15.7. The number of anilines is 1. The Morgan fingerprint density at radius 3 is 2.71 bits per heavy atom. The van der Waals surface area contributed by atoms with E-state index in [2.05, 4.69) is 14.9 Å². The summed E-state index contributed by atoms with van der Waals surface area (Å²) in [5.74, 6) is -1.21. The summed E-state index contributed by atoms with van der Waals surface area (Å²) in [6.45, 7) is 4.87. The number of halogens is 1. The number of likely N-dealkylation sites (N-methyl/N-ethyl adjacent to an activating group) is 1. The molecule has 1 N–H and O–H groups in total. The van der Waals surface area contributed by atoms with Crippen LogP contribution in [0.1, 0.15) is 17.4 Å². The lowest BCUT2D eigenvalue weighted by Gasteiger charge is -2.34. The molecule has 1 saturated heterocycles. The molecule has 1 aliphatic rings. The molecule has 0 aliphatic carbocycles. The topological polar surface area (TPSA) is 78.5 Å². The highest BCUT2D eigenvalue weighted by atomic mass is 19.1. The number of piperazine rings is 1. The largest absolute Gasteiger partial charge is 0.461 e. The van der Waals surface area contributed by atoms with E-state index in [4.69, 9.17) is 4.74 Å². The summed E-state index contributed by atoms with van der Waals surface area (Å²) in [5.41, 5.74) is 0.0225. The Hall–Kier alpha value is -2.48. The van der Waals surface area contributed by atoms with Crippen LogP contribution in [0.5, 0.6) is 0 Å². The molecule has 0 radical (unpaired) electrons. The second kappa shape index (κ2) is 6.56. The average Bonchev–Trinajstić information content (AvgIpc) is 2.55. The third-order valence-corrected chi connectivity index (χ3v) is 4.07. The monoisotopic (exact) mass is 334 g/mol. The first-order valence-corrected chi connectivity index (χ1v) is 7.83. The molecular weight excluding hydrogens is 315 g/mol.